The summed E-state index contributed by atoms with van der Waals surface area (Å²) >= 11 is 0. The van der Waals surface area contributed by atoms with Crippen LogP contribution in [0.1, 0.15) is 12.0 Å². The van der Waals surface area contributed by atoms with E-state index in [4.69, 9.17) is 0 Å². The number of nitrogens with zero attached hydrogens (tertiary/aromatic N) is 5. The first kappa shape index (κ1) is 20.2. The molecule has 0 saturated carbocycles. The third kappa shape index (κ3) is 4.73. The smallest absolute Gasteiger partial charge is 0.237 e. The highest BCUT2D eigenvalue weighted by Gasteiger charge is 2.33. The molecule has 8 nitrogen and oxygen atoms in total. The molecule has 0 aliphatic carbocycles. The molecule has 4 rings (SSSR count). The number of nitrogens with one attached hydrogen (secondary N) is 1. The molecule has 1 atom stereocenters. The number of anilines is 1. The number of carbonyl (C=O) groups is 2. The van der Waals surface area contributed by atoms with Gasteiger partial charge >= 0.3 is 0 Å². The summed E-state index contributed by atoms with van der Waals surface area (Å²) in [5.41, 5.74) is 0.790. The van der Waals surface area contributed by atoms with Gasteiger partial charge in [-0.1, -0.05) is 12.1 Å². The Bertz CT molecular complexity index is 888. The van der Waals surface area contributed by atoms with E-state index in [9.17, 15) is 14.0 Å². The molecule has 2 fully saturated rings. The Morgan fingerprint density at radius 2 is 1.87 bits per heavy atom. The molecule has 3 heterocycles. The molecular weight excluding hydrogens is 387 g/mol. The highest BCUT2D eigenvalue weighted by molar-refractivity contribution is 5.89. The van der Waals surface area contributed by atoms with E-state index in [1.807, 2.05) is 15.9 Å². The molecule has 0 spiro atoms. The molecule has 1 aromatic heterocycles. The van der Waals surface area contributed by atoms with Crippen molar-refractivity contribution in [2.45, 2.75) is 19.0 Å². The summed E-state index contributed by atoms with van der Waals surface area (Å²) in [7, 11) is 0. The van der Waals surface area contributed by atoms with Crippen molar-refractivity contribution in [2.75, 3.05) is 44.2 Å². The van der Waals surface area contributed by atoms with Crippen LogP contribution in [0, 0.1) is 5.82 Å². The van der Waals surface area contributed by atoms with E-state index >= 15 is 0 Å². The van der Waals surface area contributed by atoms with Gasteiger partial charge in [0.1, 0.15) is 5.82 Å². The van der Waals surface area contributed by atoms with Crippen molar-refractivity contribution in [1.82, 2.24) is 25.1 Å². The number of hydrogen-bond acceptors (Lipinski definition) is 6. The van der Waals surface area contributed by atoms with Gasteiger partial charge in [0.2, 0.25) is 17.8 Å². The summed E-state index contributed by atoms with van der Waals surface area (Å²) in [6.45, 7) is 4.01. The first-order valence-electron chi connectivity index (χ1n) is 10.2. The first-order valence-corrected chi connectivity index (χ1v) is 10.2. The minimum atomic E-state index is -0.551. The van der Waals surface area contributed by atoms with Gasteiger partial charge in [-0.15, -0.1) is 0 Å². The predicted octanol–water partition coefficient (Wildman–Crippen LogP) is 0.655. The SMILES string of the molecule is O=C1NCCN(Cc2cccc(F)c2)[C@@H]1CC(=O)N1CCN(c2ncccn2)CC1. The van der Waals surface area contributed by atoms with E-state index in [1.165, 1.54) is 12.1 Å². The fourth-order valence-corrected chi connectivity index (χ4v) is 3.95. The molecule has 158 valence electrons. The molecule has 2 aliphatic rings. The van der Waals surface area contributed by atoms with Crippen LogP contribution in [-0.4, -0.2) is 76.9 Å². The number of halogens is 1. The van der Waals surface area contributed by atoms with E-state index in [1.54, 1.807) is 29.4 Å². The van der Waals surface area contributed by atoms with Crippen LogP contribution >= 0.6 is 0 Å². The van der Waals surface area contributed by atoms with E-state index in [0.29, 0.717) is 51.8 Å². The van der Waals surface area contributed by atoms with Crippen molar-refractivity contribution < 1.29 is 14.0 Å². The first-order chi connectivity index (χ1) is 14.6. The Hall–Kier alpha value is -3.07. The zero-order valence-corrected chi connectivity index (χ0v) is 16.7. The zero-order valence-electron chi connectivity index (χ0n) is 16.7. The molecule has 2 amide bonds. The molecule has 30 heavy (non-hydrogen) atoms. The Morgan fingerprint density at radius 3 is 2.60 bits per heavy atom. The van der Waals surface area contributed by atoms with E-state index < -0.39 is 6.04 Å². The van der Waals surface area contributed by atoms with Crippen molar-refractivity contribution >= 4 is 17.8 Å². The third-order valence-electron chi connectivity index (χ3n) is 5.55. The number of aromatic nitrogens is 2. The summed E-state index contributed by atoms with van der Waals surface area (Å²) in [6, 6.07) is 7.58. The minimum Gasteiger partial charge on any atom is -0.353 e. The highest BCUT2D eigenvalue weighted by atomic mass is 19.1. The molecule has 2 aromatic rings. The average Bonchev–Trinajstić information content (AvgIpc) is 2.77. The summed E-state index contributed by atoms with van der Waals surface area (Å²) in [6.07, 6.45) is 3.52. The quantitative estimate of drug-likeness (QED) is 0.777. The maximum atomic E-state index is 13.5. The summed E-state index contributed by atoms with van der Waals surface area (Å²) in [5, 5.41) is 2.85. The van der Waals surface area contributed by atoms with Crippen LogP contribution in [0.15, 0.2) is 42.7 Å². The second-order valence-corrected chi connectivity index (χ2v) is 7.53. The topological polar surface area (TPSA) is 81.7 Å². The number of amides is 2. The Kier molecular flexibility index (Phi) is 6.18. The second-order valence-electron chi connectivity index (χ2n) is 7.53. The van der Waals surface area contributed by atoms with Crippen LogP contribution in [0.2, 0.25) is 0 Å². The standard InChI is InChI=1S/C21H25FN6O2/c22-17-4-1-3-16(13-17)15-28-8-7-23-20(30)18(28)14-19(29)26-9-11-27(12-10-26)21-24-5-2-6-25-21/h1-6,13,18H,7-12,14-15H2,(H,23,30)/t18-/m1/s1. The molecule has 1 aromatic carbocycles. The molecule has 2 saturated heterocycles. The molecule has 0 radical (unpaired) electrons. The lowest BCUT2D eigenvalue weighted by Gasteiger charge is -2.38. The Labute approximate surface area is 174 Å². The van der Waals surface area contributed by atoms with E-state index in [-0.39, 0.29) is 24.1 Å². The Morgan fingerprint density at radius 1 is 1.10 bits per heavy atom. The lowest BCUT2D eigenvalue weighted by molar-refractivity contribution is -0.139. The van der Waals surface area contributed by atoms with Crippen LogP contribution < -0.4 is 10.2 Å². The van der Waals surface area contributed by atoms with Crippen LogP contribution in [0.5, 0.6) is 0 Å². The molecule has 0 bridgehead atoms. The van der Waals surface area contributed by atoms with Gasteiger partial charge in [0, 0.05) is 58.2 Å². The maximum absolute atomic E-state index is 13.5. The molecule has 0 unspecified atom stereocenters. The number of benzene rings is 1. The van der Waals surface area contributed by atoms with Crippen molar-refractivity contribution in [3.05, 3.63) is 54.1 Å². The van der Waals surface area contributed by atoms with Crippen molar-refractivity contribution in [3.63, 3.8) is 0 Å². The summed E-state index contributed by atoms with van der Waals surface area (Å²) < 4.78 is 13.5. The van der Waals surface area contributed by atoms with Crippen molar-refractivity contribution in [2.24, 2.45) is 0 Å². The van der Waals surface area contributed by atoms with Gasteiger partial charge in [-0.2, -0.15) is 0 Å². The van der Waals surface area contributed by atoms with Crippen molar-refractivity contribution in [1.29, 1.82) is 0 Å². The van der Waals surface area contributed by atoms with Crippen LogP contribution in [0.4, 0.5) is 10.3 Å². The lowest BCUT2D eigenvalue weighted by atomic mass is 10.1. The third-order valence-corrected chi connectivity index (χ3v) is 5.55. The average molecular weight is 412 g/mol. The molecule has 2 aliphatic heterocycles. The highest BCUT2D eigenvalue weighted by Crippen LogP contribution is 2.17. The molecular formula is C21H25FN6O2. The van der Waals surface area contributed by atoms with Crippen LogP contribution in [-0.2, 0) is 16.1 Å². The van der Waals surface area contributed by atoms with Gasteiger partial charge in [-0.05, 0) is 23.8 Å². The molecule has 9 heteroatoms. The summed E-state index contributed by atoms with van der Waals surface area (Å²) in [4.78, 5) is 39.7. The van der Waals surface area contributed by atoms with Gasteiger partial charge in [0.15, 0.2) is 0 Å². The van der Waals surface area contributed by atoms with Gasteiger partial charge in [0.25, 0.3) is 0 Å². The zero-order chi connectivity index (χ0) is 20.9. The normalized spacial score (nSPS) is 20.2. The lowest BCUT2D eigenvalue weighted by Crippen LogP contribution is -2.57. The van der Waals surface area contributed by atoms with E-state index in [2.05, 4.69) is 15.3 Å². The minimum absolute atomic E-state index is 0.0464. The number of hydrogen-bond donors (Lipinski definition) is 1. The van der Waals surface area contributed by atoms with Crippen LogP contribution in [0.3, 0.4) is 0 Å². The van der Waals surface area contributed by atoms with Gasteiger partial charge in [-0.3, -0.25) is 14.5 Å². The van der Waals surface area contributed by atoms with Crippen molar-refractivity contribution in [3.8, 4) is 0 Å². The van der Waals surface area contributed by atoms with Gasteiger partial charge in [0.05, 0.1) is 12.5 Å². The number of rotatable bonds is 5. The monoisotopic (exact) mass is 412 g/mol. The fraction of sp³-hybridized carbons (Fsp3) is 0.429. The van der Waals surface area contributed by atoms with Crippen LogP contribution in [0.25, 0.3) is 0 Å². The number of carbonyl (C=O) groups excluding carboxylic acids is 2. The van der Waals surface area contributed by atoms with E-state index in [0.717, 1.165) is 5.56 Å². The second kappa shape index (κ2) is 9.17. The predicted molar refractivity (Wildman–Crippen MR) is 109 cm³/mol. The Balaban J connectivity index is 1.36. The molecule has 1 N–H and O–H groups in total. The van der Waals surface area contributed by atoms with Gasteiger partial charge in [-0.25, -0.2) is 14.4 Å². The summed E-state index contributed by atoms with van der Waals surface area (Å²) in [5.74, 6) is 0.164. The largest absolute Gasteiger partial charge is 0.353 e. The maximum Gasteiger partial charge on any atom is 0.237 e. The number of piperazine rings is 2. The fourth-order valence-electron chi connectivity index (χ4n) is 3.95. The van der Waals surface area contributed by atoms with Gasteiger partial charge < -0.3 is 15.1 Å².